The van der Waals surface area contributed by atoms with E-state index in [4.69, 9.17) is 32.7 Å². The van der Waals surface area contributed by atoms with Crippen molar-refractivity contribution < 1.29 is 19.2 Å². The Bertz CT molecular complexity index is 769. The van der Waals surface area contributed by atoms with E-state index in [0.717, 1.165) is 0 Å². The number of hydrogen-bond acceptors (Lipinski definition) is 5. The van der Waals surface area contributed by atoms with E-state index in [-0.39, 0.29) is 34.1 Å². The van der Waals surface area contributed by atoms with Crippen molar-refractivity contribution in [1.82, 2.24) is 0 Å². The predicted octanol–water partition coefficient (Wildman–Crippen LogP) is 5.36. The van der Waals surface area contributed by atoms with Gasteiger partial charge in [0.25, 0.3) is 5.69 Å². The first-order chi connectivity index (χ1) is 11.8. The van der Waals surface area contributed by atoms with Gasteiger partial charge in [0, 0.05) is 12.1 Å². The maximum atomic E-state index is 11.8. The van der Waals surface area contributed by atoms with E-state index in [9.17, 15) is 14.9 Å². The monoisotopic (exact) mass is 383 g/mol. The summed E-state index contributed by atoms with van der Waals surface area (Å²) < 4.78 is 10.6. The fourth-order valence-corrected chi connectivity index (χ4v) is 2.67. The lowest BCUT2D eigenvalue weighted by atomic mass is 10.0. The van der Waals surface area contributed by atoms with Gasteiger partial charge in [-0.15, -0.1) is 0 Å². The van der Waals surface area contributed by atoms with Gasteiger partial charge in [-0.25, -0.2) is 0 Å². The van der Waals surface area contributed by atoms with E-state index >= 15 is 0 Å². The van der Waals surface area contributed by atoms with E-state index in [1.165, 1.54) is 24.3 Å². The number of ether oxygens (including phenoxy) is 2. The summed E-state index contributed by atoms with van der Waals surface area (Å²) in [6, 6.07) is 8.67. The Morgan fingerprint density at radius 3 is 2.24 bits per heavy atom. The molecular formula is C17H15Cl2NO5. The molecule has 0 aliphatic carbocycles. The molecule has 0 saturated carbocycles. The number of rotatable bonds is 6. The lowest BCUT2D eigenvalue weighted by Crippen LogP contribution is -2.13. The van der Waals surface area contributed by atoms with E-state index < -0.39 is 10.8 Å². The Morgan fingerprint density at radius 2 is 1.76 bits per heavy atom. The van der Waals surface area contributed by atoms with Crippen molar-refractivity contribution in [2.75, 3.05) is 6.61 Å². The number of nitro benzene ring substituents is 1. The number of esters is 1. The van der Waals surface area contributed by atoms with Crippen molar-refractivity contribution in [3.63, 3.8) is 0 Å². The lowest BCUT2D eigenvalue weighted by Gasteiger charge is -2.15. The summed E-state index contributed by atoms with van der Waals surface area (Å²) in [4.78, 5) is 22.0. The lowest BCUT2D eigenvalue weighted by molar-refractivity contribution is -0.384. The highest BCUT2D eigenvalue weighted by atomic mass is 35.5. The van der Waals surface area contributed by atoms with Gasteiger partial charge in [-0.05, 0) is 43.7 Å². The Labute approximate surface area is 154 Å². The van der Waals surface area contributed by atoms with Crippen molar-refractivity contribution in [2.24, 2.45) is 0 Å². The minimum absolute atomic E-state index is 0.0526. The molecule has 6 nitrogen and oxygen atoms in total. The van der Waals surface area contributed by atoms with E-state index in [0.29, 0.717) is 11.3 Å². The molecule has 1 atom stereocenters. The third-order valence-electron chi connectivity index (χ3n) is 3.43. The first kappa shape index (κ1) is 19.0. The van der Waals surface area contributed by atoms with Crippen LogP contribution in [0.15, 0.2) is 36.4 Å². The largest absolute Gasteiger partial charge is 0.466 e. The van der Waals surface area contributed by atoms with E-state index in [1.807, 2.05) is 0 Å². The molecule has 0 fully saturated rings. The number of nitrogens with zero attached hydrogens (tertiary/aromatic N) is 1. The SMILES string of the molecule is CCOC(=O)C(C)c1cc(Cl)c(Oc2ccc([N+](=O)[O-])cc2)c(Cl)c1. The van der Waals surface area contributed by atoms with Crippen LogP contribution in [0, 0.1) is 10.1 Å². The van der Waals surface area contributed by atoms with Crippen LogP contribution in [0.25, 0.3) is 0 Å². The van der Waals surface area contributed by atoms with Gasteiger partial charge in [0.05, 0.1) is 27.5 Å². The highest BCUT2D eigenvalue weighted by Crippen LogP contribution is 2.39. The zero-order valence-electron chi connectivity index (χ0n) is 13.5. The van der Waals surface area contributed by atoms with Gasteiger partial charge in [-0.3, -0.25) is 14.9 Å². The molecule has 0 heterocycles. The summed E-state index contributed by atoms with van der Waals surface area (Å²) in [7, 11) is 0. The van der Waals surface area contributed by atoms with Gasteiger partial charge in [-0.1, -0.05) is 23.2 Å². The Morgan fingerprint density at radius 1 is 1.20 bits per heavy atom. The third kappa shape index (κ3) is 4.61. The maximum absolute atomic E-state index is 11.8. The van der Waals surface area contributed by atoms with Crippen molar-refractivity contribution >= 4 is 34.9 Å². The fraction of sp³-hybridized carbons (Fsp3) is 0.235. The second-order valence-electron chi connectivity index (χ2n) is 5.14. The van der Waals surface area contributed by atoms with Crippen LogP contribution in [0.3, 0.4) is 0 Å². The van der Waals surface area contributed by atoms with Gasteiger partial charge in [0.15, 0.2) is 5.75 Å². The number of halogens is 2. The van der Waals surface area contributed by atoms with Crippen molar-refractivity contribution in [3.8, 4) is 11.5 Å². The number of nitro groups is 1. The zero-order valence-corrected chi connectivity index (χ0v) is 15.0. The van der Waals surface area contributed by atoms with Crippen LogP contribution in [-0.4, -0.2) is 17.5 Å². The average molecular weight is 384 g/mol. The topological polar surface area (TPSA) is 78.7 Å². The average Bonchev–Trinajstić information content (AvgIpc) is 2.57. The van der Waals surface area contributed by atoms with Crippen LogP contribution < -0.4 is 4.74 Å². The van der Waals surface area contributed by atoms with E-state index in [1.54, 1.807) is 26.0 Å². The Balaban J connectivity index is 2.25. The second-order valence-corrected chi connectivity index (χ2v) is 5.95. The summed E-state index contributed by atoms with van der Waals surface area (Å²) in [5.41, 5.74) is 0.549. The van der Waals surface area contributed by atoms with Crippen molar-refractivity contribution in [1.29, 1.82) is 0 Å². The van der Waals surface area contributed by atoms with E-state index in [2.05, 4.69) is 0 Å². The number of benzene rings is 2. The molecule has 1 unspecified atom stereocenters. The molecule has 2 aromatic rings. The van der Waals surface area contributed by atoms with Crippen LogP contribution in [0.2, 0.25) is 10.0 Å². The molecule has 0 saturated heterocycles. The van der Waals surface area contributed by atoms with Crippen LogP contribution in [0.1, 0.15) is 25.3 Å². The number of carbonyl (C=O) groups excluding carboxylic acids is 1. The molecule has 132 valence electrons. The molecule has 0 aliphatic rings. The molecule has 0 N–H and O–H groups in total. The van der Waals surface area contributed by atoms with Gasteiger partial charge in [0.2, 0.25) is 0 Å². The maximum Gasteiger partial charge on any atom is 0.313 e. The highest BCUT2D eigenvalue weighted by Gasteiger charge is 2.20. The quantitative estimate of drug-likeness (QED) is 0.381. The molecule has 25 heavy (non-hydrogen) atoms. The number of carbonyl (C=O) groups is 1. The van der Waals surface area contributed by atoms with Crippen LogP contribution in [0.5, 0.6) is 11.5 Å². The molecule has 0 radical (unpaired) electrons. The van der Waals surface area contributed by atoms with Gasteiger partial charge >= 0.3 is 5.97 Å². The normalized spacial score (nSPS) is 11.7. The number of non-ortho nitro benzene ring substituents is 1. The van der Waals surface area contributed by atoms with Gasteiger partial charge < -0.3 is 9.47 Å². The predicted molar refractivity (Wildman–Crippen MR) is 94.7 cm³/mol. The molecule has 2 rings (SSSR count). The van der Waals surface area contributed by atoms with Crippen molar-refractivity contribution in [3.05, 3.63) is 62.1 Å². The fourth-order valence-electron chi connectivity index (χ4n) is 2.08. The van der Waals surface area contributed by atoms with Crippen LogP contribution in [0.4, 0.5) is 5.69 Å². The summed E-state index contributed by atoms with van der Waals surface area (Å²) >= 11 is 12.4. The molecular weight excluding hydrogens is 369 g/mol. The standard InChI is InChI=1S/C17H15Cl2NO5/c1-3-24-17(21)10(2)11-8-14(18)16(15(19)9-11)25-13-6-4-12(5-7-13)20(22)23/h4-10H,3H2,1-2H3. The number of hydrogen-bond donors (Lipinski definition) is 0. The molecule has 0 bridgehead atoms. The summed E-state index contributed by atoms with van der Waals surface area (Å²) in [6.45, 7) is 3.70. The molecule has 0 amide bonds. The van der Waals surface area contributed by atoms with Crippen LogP contribution in [-0.2, 0) is 9.53 Å². The molecule has 2 aromatic carbocycles. The molecule has 0 aromatic heterocycles. The Kier molecular flexibility index (Phi) is 6.22. The smallest absolute Gasteiger partial charge is 0.313 e. The van der Waals surface area contributed by atoms with Crippen LogP contribution >= 0.6 is 23.2 Å². The minimum Gasteiger partial charge on any atom is -0.466 e. The zero-order chi connectivity index (χ0) is 18.6. The minimum atomic E-state index is -0.525. The molecule has 8 heteroatoms. The van der Waals surface area contributed by atoms with Crippen molar-refractivity contribution in [2.45, 2.75) is 19.8 Å². The summed E-state index contributed by atoms with van der Waals surface area (Å²) in [6.07, 6.45) is 0. The Hall–Kier alpha value is -2.31. The first-order valence-electron chi connectivity index (χ1n) is 7.41. The molecule has 0 spiro atoms. The second kappa shape index (κ2) is 8.18. The summed E-state index contributed by atoms with van der Waals surface area (Å²) in [5, 5.41) is 11.1. The summed E-state index contributed by atoms with van der Waals surface area (Å²) in [5.74, 6) is -0.348. The van der Waals surface area contributed by atoms with Gasteiger partial charge in [-0.2, -0.15) is 0 Å². The molecule has 0 aliphatic heterocycles. The first-order valence-corrected chi connectivity index (χ1v) is 8.17. The highest BCUT2D eigenvalue weighted by molar-refractivity contribution is 6.37. The third-order valence-corrected chi connectivity index (χ3v) is 3.99. The van der Waals surface area contributed by atoms with Gasteiger partial charge in [0.1, 0.15) is 5.75 Å².